The summed E-state index contributed by atoms with van der Waals surface area (Å²) in [5, 5.41) is 0. The van der Waals surface area contributed by atoms with Crippen LogP contribution in [0.3, 0.4) is 0 Å². The Labute approximate surface area is 62.0 Å². The molecule has 0 amide bonds. The van der Waals surface area contributed by atoms with Crippen LogP contribution in [0.2, 0.25) is 0 Å². The van der Waals surface area contributed by atoms with Crippen molar-refractivity contribution in [2.75, 3.05) is 0 Å². The lowest BCUT2D eigenvalue weighted by Crippen LogP contribution is -2.05. The summed E-state index contributed by atoms with van der Waals surface area (Å²) in [6.07, 6.45) is 1.48. The van der Waals surface area contributed by atoms with Crippen molar-refractivity contribution in [1.29, 1.82) is 0 Å². The van der Waals surface area contributed by atoms with Crippen LogP contribution < -0.4 is 0 Å². The van der Waals surface area contributed by atoms with Gasteiger partial charge < -0.3 is 0 Å². The third-order valence-corrected chi connectivity index (χ3v) is 6.00. The van der Waals surface area contributed by atoms with Crippen molar-refractivity contribution >= 4 is 0 Å². The van der Waals surface area contributed by atoms with E-state index in [1.165, 1.54) is 12.3 Å². The molecule has 2 spiro atoms. The molecule has 4 saturated carbocycles. The highest BCUT2D eigenvalue weighted by Gasteiger charge is 3.28. The first kappa shape index (κ1) is 4.79. The molecule has 0 radical (unpaired) electrons. The van der Waals surface area contributed by atoms with Crippen LogP contribution in [0.5, 0.6) is 0 Å². The molecule has 0 heterocycles. The third kappa shape index (κ3) is 0.125. The van der Waals surface area contributed by atoms with Crippen molar-refractivity contribution in [3.05, 3.63) is 0 Å². The highest BCUT2D eigenvalue weighted by molar-refractivity contribution is 5.73. The second-order valence-electron chi connectivity index (χ2n) is 5.05. The number of hydrogen-bond donors (Lipinski definition) is 0. The van der Waals surface area contributed by atoms with Crippen molar-refractivity contribution < 1.29 is 0 Å². The molecule has 0 nitrogen and oxygen atoms in total. The molecule has 0 aliphatic heterocycles. The first-order valence-electron chi connectivity index (χ1n) is 4.74. The molecule has 0 aromatic carbocycles. The lowest BCUT2D eigenvalue weighted by molar-refractivity contribution is 0.369. The van der Waals surface area contributed by atoms with Crippen molar-refractivity contribution in [3.8, 4) is 0 Å². The van der Waals surface area contributed by atoms with E-state index in [2.05, 4.69) is 20.8 Å². The zero-order chi connectivity index (χ0) is 6.94. The van der Waals surface area contributed by atoms with Gasteiger partial charge in [-0.25, -0.2) is 0 Å². The maximum atomic E-state index is 2.48. The van der Waals surface area contributed by atoms with Gasteiger partial charge in [-0.1, -0.05) is 20.8 Å². The van der Waals surface area contributed by atoms with Gasteiger partial charge in [-0.3, -0.25) is 0 Å². The molecular weight excluding hydrogens is 120 g/mol. The van der Waals surface area contributed by atoms with Crippen molar-refractivity contribution in [1.82, 2.24) is 0 Å². The van der Waals surface area contributed by atoms with E-state index >= 15 is 0 Å². The van der Waals surface area contributed by atoms with Crippen LogP contribution >= 0.6 is 0 Å². The van der Waals surface area contributed by atoms with Gasteiger partial charge in [0.2, 0.25) is 0 Å². The summed E-state index contributed by atoms with van der Waals surface area (Å²) in [6.45, 7) is 7.34. The molecular formula is C10H14. The molecule has 0 saturated heterocycles. The van der Waals surface area contributed by atoms with E-state index in [0.717, 1.165) is 28.1 Å². The zero-order valence-corrected chi connectivity index (χ0v) is 6.94. The molecule has 0 N–H and O–H groups in total. The lowest BCUT2D eigenvalue weighted by Gasteiger charge is -2.10. The molecule has 0 bridgehead atoms. The highest BCUT2D eigenvalue weighted by Crippen LogP contribution is 3.30. The second-order valence-corrected chi connectivity index (χ2v) is 5.05. The van der Waals surface area contributed by atoms with Gasteiger partial charge in [0.15, 0.2) is 0 Å². The normalized spacial score (nSPS) is 92.1. The van der Waals surface area contributed by atoms with Crippen molar-refractivity contribution in [2.24, 2.45) is 34.0 Å². The van der Waals surface area contributed by atoms with Gasteiger partial charge >= 0.3 is 0 Å². The summed E-state index contributed by atoms with van der Waals surface area (Å²) in [7, 11) is 0. The molecule has 0 aromatic heterocycles. The van der Waals surface area contributed by atoms with Crippen molar-refractivity contribution in [2.45, 2.75) is 27.2 Å². The minimum atomic E-state index is 0.935. The van der Waals surface area contributed by atoms with Gasteiger partial charge in [-0.05, 0) is 40.4 Å². The molecule has 4 aliphatic rings. The Morgan fingerprint density at radius 3 is 2.20 bits per heavy atom. The molecule has 6 atom stereocenters. The second kappa shape index (κ2) is 0.735. The Bertz CT molecular complexity index is 252. The Hall–Kier alpha value is 0. The van der Waals surface area contributed by atoms with Crippen LogP contribution in [-0.4, -0.2) is 0 Å². The SMILES string of the molecule is CCC12C(C)C13C1C(C)C123. The lowest BCUT2D eigenvalue weighted by atomic mass is 9.93. The minimum Gasteiger partial charge on any atom is -0.0648 e. The van der Waals surface area contributed by atoms with Crippen LogP contribution in [0.25, 0.3) is 0 Å². The fourth-order valence-corrected chi connectivity index (χ4v) is 6.00. The molecule has 4 fully saturated rings. The molecule has 0 heteroatoms. The Kier molecular flexibility index (Phi) is 0.352. The molecule has 54 valence electrons. The molecule has 10 heavy (non-hydrogen) atoms. The van der Waals surface area contributed by atoms with Crippen LogP contribution in [0.1, 0.15) is 27.2 Å². The van der Waals surface area contributed by atoms with Gasteiger partial charge in [0, 0.05) is 0 Å². The maximum absolute atomic E-state index is 2.48. The first-order chi connectivity index (χ1) is 4.74. The molecule has 0 aromatic rings. The van der Waals surface area contributed by atoms with E-state index in [1.54, 1.807) is 0 Å². The smallest absolute Gasteiger partial charge is 0.00967 e. The van der Waals surface area contributed by atoms with Gasteiger partial charge in [-0.15, -0.1) is 0 Å². The third-order valence-electron chi connectivity index (χ3n) is 6.00. The first-order valence-corrected chi connectivity index (χ1v) is 4.74. The fourth-order valence-electron chi connectivity index (χ4n) is 6.00. The summed E-state index contributed by atoms with van der Waals surface area (Å²) < 4.78 is 0. The van der Waals surface area contributed by atoms with Crippen LogP contribution in [0, 0.1) is 34.0 Å². The molecule has 4 rings (SSSR count). The predicted octanol–water partition coefficient (Wildman–Crippen LogP) is 2.30. The van der Waals surface area contributed by atoms with Gasteiger partial charge in [0.05, 0.1) is 0 Å². The summed E-state index contributed by atoms with van der Waals surface area (Å²) >= 11 is 0. The number of rotatable bonds is 1. The standard InChI is InChI=1S/C10H14/c1-4-8-6(3)10(8)7-5(2)9(7,8)10/h5-7H,4H2,1-3H3. The fraction of sp³-hybridized carbons (Fsp3) is 1.00. The summed E-state index contributed by atoms with van der Waals surface area (Å²) in [5.74, 6) is 3.50. The van der Waals surface area contributed by atoms with Crippen molar-refractivity contribution in [3.63, 3.8) is 0 Å². The predicted molar refractivity (Wildman–Crippen MR) is 39.4 cm³/mol. The van der Waals surface area contributed by atoms with Gasteiger partial charge in [-0.2, -0.15) is 0 Å². The van der Waals surface area contributed by atoms with E-state index in [0.29, 0.717) is 0 Å². The van der Waals surface area contributed by atoms with E-state index < -0.39 is 0 Å². The molecule has 4 aliphatic carbocycles. The van der Waals surface area contributed by atoms with E-state index in [9.17, 15) is 0 Å². The monoisotopic (exact) mass is 134 g/mol. The van der Waals surface area contributed by atoms with E-state index in [-0.39, 0.29) is 0 Å². The van der Waals surface area contributed by atoms with Crippen LogP contribution in [-0.2, 0) is 0 Å². The summed E-state index contributed by atoms with van der Waals surface area (Å²) in [5.41, 5.74) is 2.92. The van der Waals surface area contributed by atoms with Gasteiger partial charge in [0.25, 0.3) is 0 Å². The summed E-state index contributed by atoms with van der Waals surface area (Å²) in [4.78, 5) is 0. The highest BCUT2D eigenvalue weighted by atomic mass is 15.3. The van der Waals surface area contributed by atoms with Gasteiger partial charge in [0.1, 0.15) is 0 Å². The Balaban J connectivity index is 1.84. The van der Waals surface area contributed by atoms with Crippen LogP contribution in [0.4, 0.5) is 0 Å². The largest absolute Gasteiger partial charge is 0.0648 e. The topological polar surface area (TPSA) is 0 Å². The Morgan fingerprint density at radius 1 is 1.20 bits per heavy atom. The number of hydrogen-bond acceptors (Lipinski definition) is 0. The Morgan fingerprint density at radius 2 is 1.90 bits per heavy atom. The average Bonchev–Trinajstić information content (AvgIpc) is 2.75. The quantitative estimate of drug-likeness (QED) is 0.516. The summed E-state index contributed by atoms with van der Waals surface area (Å²) in [6, 6.07) is 0. The minimum absolute atomic E-state index is 0.935. The maximum Gasteiger partial charge on any atom is -0.00967 e. The van der Waals surface area contributed by atoms with Crippen LogP contribution in [0.15, 0.2) is 0 Å². The van der Waals surface area contributed by atoms with E-state index in [1.807, 2.05) is 0 Å². The zero-order valence-electron chi connectivity index (χ0n) is 6.94. The van der Waals surface area contributed by atoms with E-state index in [4.69, 9.17) is 0 Å². The average molecular weight is 134 g/mol. The molecule has 6 unspecified atom stereocenters.